The fourth-order valence-electron chi connectivity index (χ4n) is 3.26. The van der Waals surface area contributed by atoms with Gasteiger partial charge in [-0.05, 0) is 24.7 Å². The van der Waals surface area contributed by atoms with Crippen LogP contribution in [0.15, 0.2) is 0 Å². The molecule has 9 nitrogen and oxygen atoms in total. The van der Waals surface area contributed by atoms with Crippen LogP contribution in [0.3, 0.4) is 0 Å². The average molecular weight is 366 g/mol. The van der Waals surface area contributed by atoms with Crippen LogP contribution in [0.2, 0.25) is 0 Å². The number of hydrogen-bond acceptors (Lipinski definition) is 5. The molecular formula is C17H26N4O5. The Morgan fingerprint density at radius 1 is 1.08 bits per heavy atom. The van der Waals surface area contributed by atoms with Crippen LogP contribution in [0.4, 0.5) is 9.59 Å². The standard InChI is InChI=1S/C17H26N4O5/c1-10(2)8-20-14(23)15(24)21(17(20)26)9-13(22)19-16(25)18-12-7-5-4-6-11(12)3/h10-12H,4-9H2,1-3H3,(H2,18,19,22,25)/t11-,12+/m1/s1. The van der Waals surface area contributed by atoms with Gasteiger partial charge < -0.3 is 5.32 Å². The number of imide groups is 3. The Balaban J connectivity index is 1.88. The van der Waals surface area contributed by atoms with Crippen molar-refractivity contribution in [2.24, 2.45) is 11.8 Å². The highest BCUT2D eigenvalue weighted by Gasteiger charge is 2.45. The summed E-state index contributed by atoms with van der Waals surface area (Å²) in [6, 6.07) is -1.49. The Morgan fingerprint density at radius 2 is 1.69 bits per heavy atom. The lowest BCUT2D eigenvalue weighted by Gasteiger charge is -2.29. The minimum Gasteiger partial charge on any atom is -0.335 e. The average Bonchev–Trinajstić information content (AvgIpc) is 2.74. The first kappa shape index (κ1) is 19.9. The van der Waals surface area contributed by atoms with Crippen LogP contribution >= 0.6 is 0 Å². The van der Waals surface area contributed by atoms with Crippen molar-refractivity contribution in [1.82, 2.24) is 20.4 Å². The van der Waals surface area contributed by atoms with Gasteiger partial charge in [0.2, 0.25) is 5.91 Å². The second-order valence-corrected chi connectivity index (χ2v) is 7.37. The zero-order valence-corrected chi connectivity index (χ0v) is 15.4. The molecule has 144 valence electrons. The lowest BCUT2D eigenvalue weighted by Crippen LogP contribution is -2.50. The van der Waals surface area contributed by atoms with Crippen molar-refractivity contribution in [2.75, 3.05) is 13.1 Å². The lowest BCUT2D eigenvalue weighted by molar-refractivity contribution is -0.144. The zero-order chi connectivity index (χ0) is 19.4. The fraction of sp³-hybridized carbons (Fsp3) is 0.706. The van der Waals surface area contributed by atoms with Gasteiger partial charge in [0.15, 0.2) is 0 Å². The van der Waals surface area contributed by atoms with E-state index in [0.717, 1.165) is 30.6 Å². The summed E-state index contributed by atoms with van der Waals surface area (Å²) < 4.78 is 0. The Morgan fingerprint density at radius 3 is 2.31 bits per heavy atom. The zero-order valence-electron chi connectivity index (χ0n) is 15.4. The quantitative estimate of drug-likeness (QED) is 0.552. The van der Waals surface area contributed by atoms with Crippen LogP contribution in [0, 0.1) is 11.8 Å². The predicted molar refractivity (Wildman–Crippen MR) is 91.8 cm³/mol. The van der Waals surface area contributed by atoms with Gasteiger partial charge in [0.05, 0.1) is 0 Å². The molecule has 1 saturated heterocycles. The Bertz CT molecular complexity index is 618. The third-order valence-electron chi connectivity index (χ3n) is 4.67. The van der Waals surface area contributed by atoms with Crippen molar-refractivity contribution in [1.29, 1.82) is 0 Å². The van der Waals surface area contributed by atoms with Crippen LogP contribution < -0.4 is 10.6 Å². The van der Waals surface area contributed by atoms with E-state index in [4.69, 9.17) is 0 Å². The first-order chi connectivity index (χ1) is 12.2. The van der Waals surface area contributed by atoms with Crippen LogP contribution in [0.25, 0.3) is 0 Å². The molecule has 1 aliphatic heterocycles. The van der Waals surface area contributed by atoms with Crippen molar-refractivity contribution >= 4 is 29.8 Å². The van der Waals surface area contributed by atoms with Gasteiger partial charge in [-0.25, -0.2) is 14.5 Å². The van der Waals surface area contributed by atoms with Crippen molar-refractivity contribution in [2.45, 2.75) is 52.5 Å². The summed E-state index contributed by atoms with van der Waals surface area (Å²) in [5, 5.41) is 4.88. The smallest absolute Gasteiger partial charge is 0.334 e. The summed E-state index contributed by atoms with van der Waals surface area (Å²) in [7, 11) is 0. The Kier molecular flexibility index (Phi) is 6.33. The maximum Gasteiger partial charge on any atom is 0.334 e. The molecule has 0 unspecified atom stereocenters. The fourth-order valence-corrected chi connectivity index (χ4v) is 3.26. The van der Waals surface area contributed by atoms with E-state index in [-0.39, 0.29) is 18.5 Å². The molecule has 0 aromatic carbocycles. The second kappa shape index (κ2) is 8.29. The minimum absolute atomic E-state index is 0.00490. The Labute approximate surface area is 152 Å². The van der Waals surface area contributed by atoms with E-state index < -0.39 is 36.3 Å². The maximum absolute atomic E-state index is 12.2. The summed E-state index contributed by atoms with van der Waals surface area (Å²) in [6.07, 6.45) is 4.02. The van der Waals surface area contributed by atoms with E-state index in [0.29, 0.717) is 10.8 Å². The van der Waals surface area contributed by atoms with Crippen molar-refractivity contribution in [3.05, 3.63) is 0 Å². The molecule has 9 heteroatoms. The summed E-state index contributed by atoms with van der Waals surface area (Å²) in [4.78, 5) is 61.3. The van der Waals surface area contributed by atoms with Gasteiger partial charge in [0.1, 0.15) is 6.54 Å². The number of hydrogen-bond donors (Lipinski definition) is 2. The number of urea groups is 2. The topological polar surface area (TPSA) is 116 Å². The number of nitrogens with one attached hydrogen (secondary N) is 2. The molecule has 1 aliphatic carbocycles. The molecule has 1 heterocycles. The van der Waals surface area contributed by atoms with Crippen LogP contribution in [-0.2, 0) is 14.4 Å². The molecule has 1 saturated carbocycles. The first-order valence-corrected chi connectivity index (χ1v) is 8.98. The SMILES string of the molecule is CC(C)CN1C(=O)C(=O)N(CC(=O)NC(=O)N[C@H]2CCCC[C@H]2C)C1=O. The van der Waals surface area contributed by atoms with Crippen molar-refractivity contribution < 1.29 is 24.0 Å². The third-order valence-corrected chi connectivity index (χ3v) is 4.67. The van der Waals surface area contributed by atoms with E-state index >= 15 is 0 Å². The predicted octanol–water partition coefficient (Wildman–Crippen LogP) is 0.838. The molecule has 2 atom stereocenters. The highest BCUT2D eigenvalue weighted by atomic mass is 16.2. The molecule has 0 aromatic rings. The second-order valence-electron chi connectivity index (χ2n) is 7.37. The van der Waals surface area contributed by atoms with Crippen LogP contribution in [-0.4, -0.2) is 58.7 Å². The normalized spacial score (nSPS) is 23.6. The van der Waals surface area contributed by atoms with E-state index in [1.165, 1.54) is 0 Å². The number of carbonyl (C=O) groups is 5. The van der Waals surface area contributed by atoms with Gasteiger partial charge >= 0.3 is 23.9 Å². The molecule has 2 N–H and O–H groups in total. The van der Waals surface area contributed by atoms with Gasteiger partial charge in [-0.3, -0.25) is 24.6 Å². The monoisotopic (exact) mass is 366 g/mol. The highest BCUT2D eigenvalue weighted by Crippen LogP contribution is 2.23. The highest BCUT2D eigenvalue weighted by molar-refractivity contribution is 6.45. The molecule has 7 amide bonds. The molecule has 26 heavy (non-hydrogen) atoms. The largest absolute Gasteiger partial charge is 0.335 e. The van der Waals surface area contributed by atoms with Gasteiger partial charge in [-0.15, -0.1) is 0 Å². The van der Waals surface area contributed by atoms with E-state index in [1.807, 2.05) is 6.92 Å². The summed E-state index contributed by atoms with van der Waals surface area (Å²) in [5.74, 6) is -2.49. The first-order valence-electron chi connectivity index (χ1n) is 8.98. The van der Waals surface area contributed by atoms with Crippen LogP contribution in [0.1, 0.15) is 46.5 Å². The minimum atomic E-state index is -1.05. The number of carbonyl (C=O) groups excluding carboxylic acids is 5. The van der Waals surface area contributed by atoms with Gasteiger partial charge in [-0.2, -0.15) is 0 Å². The lowest BCUT2D eigenvalue weighted by atomic mass is 9.86. The molecule has 0 bridgehead atoms. The molecule has 2 aliphatic rings. The Hall–Kier alpha value is -2.45. The third kappa shape index (κ3) is 4.59. The van der Waals surface area contributed by atoms with E-state index in [9.17, 15) is 24.0 Å². The molecule has 2 rings (SSSR count). The number of nitrogens with zero attached hydrogens (tertiary/aromatic N) is 2. The van der Waals surface area contributed by atoms with Gasteiger partial charge in [0.25, 0.3) is 0 Å². The van der Waals surface area contributed by atoms with Crippen molar-refractivity contribution in [3.8, 4) is 0 Å². The molecule has 0 radical (unpaired) electrons. The molecular weight excluding hydrogens is 340 g/mol. The van der Waals surface area contributed by atoms with E-state index in [2.05, 4.69) is 10.6 Å². The molecule has 0 spiro atoms. The molecule has 0 aromatic heterocycles. The van der Waals surface area contributed by atoms with Crippen LogP contribution in [0.5, 0.6) is 0 Å². The van der Waals surface area contributed by atoms with E-state index in [1.54, 1.807) is 13.8 Å². The summed E-state index contributed by atoms with van der Waals surface area (Å²) in [6.45, 7) is 5.09. The van der Waals surface area contributed by atoms with Crippen molar-refractivity contribution in [3.63, 3.8) is 0 Å². The molecule has 2 fully saturated rings. The van der Waals surface area contributed by atoms with Gasteiger partial charge in [-0.1, -0.05) is 33.6 Å². The summed E-state index contributed by atoms with van der Waals surface area (Å²) >= 11 is 0. The maximum atomic E-state index is 12.2. The number of rotatable bonds is 5. The number of amides is 7. The van der Waals surface area contributed by atoms with Gasteiger partial charge in [0, 0.05) is 12.6 Å². The summed E-state index contributed by atoms with van der Waals surface area (Å²) in [5.41, 5.74) is 0.